The molecule has 2 rings (SSSR count). The number of carbonyl (C=O) groups is 1. The van der Waals surface area contributed by atoms with Gasteiger partial charge < -0.3 is 15.4 Å². The first kappa shape index (κ1) is 14.8. The van der Waals surface area contributed by atoms with E-state index in [0.29, 0.717) is 19.3 Å². The first-order valence-corrected chi connectivity index (χ1v) is 7.32. The Bertz CT molecular complexity index is 337. The molecule has 1 amide bonds. The van der Waals surface area contributed by atoms with Crippen LogP contribution >= 0.6 is 0 Å². The molecule has 2 aliphatic heterocycles. The van der Waals surface area contributed by atoms with E-state index in [1.54, 1.807) is 0 Å². The molecular weight excluding hydrogens is 242 g/mol. The lowest BCUT2D eigenvalue weighted by Gasteiger charge is -2.34. The van der Waals surface area contributed by atoms with Crippen LogP contribution in [0.25, 0.3) is 0 Å². The minimum atomic E-state index is -0.551. The third-order valence-corrected chi connectivity index (χ3v) is 4.74. The van der Waals surface area contributed by atoms with Gasteiger partial charge in [0.1, 0.15) is 0 Å². The van der Waals surface area contributed by atoms with Crippen LogP contribution in [0, 0.1) is 5.41 Å². The van der Waals surface area contributed by atoms with E-state index in [-0.39, 0.29) is 11.9 Å². The van der Waals surface area contributed by atoms with Crippen LogP contribution in [0.15, 0.2) is 0 Å². The number of carbonyl (C=O) groups excluding carboxylic acids is 1. The summed E-state index contributed by atoms with van der Waals surface area (Å²) in [5, 5.41) is 0. The monoisotopic (exact) mass is 269 g/mol. The zero-order valence-electron chi connectivity index (χ0n) is 12.4. The molecule has 0 radical (unpaired) electrons. The zero-order chi connectivity index (χ0) is 14.0. The number of ether oxygens (including phenoxy) is 1. The lowest BCUT2D eigenvalue weighted by Crippen LogP contribution is -2.52. The van der Waals surface area contributed by atoms with Crippen molar-refractivity contribution in [3.63, 3.8) is 0 Å². The summed E-state index contributed by atoms with van der Waals surface area (Å²) in [6.07, 6.45) is 2.42. The lowest BCUT2D eigenvalue weighted by molar-refractivity contribution is -0.141. The van der Waals surface area contributed by atoms with Gasteiger partial charge in [0.05, 0.1) is 18.6 Å². The number of nitrogens with two attached hydrogens (primary N) is 1. The summed E-state index contributed by atoms with van der Waals surface area (Å²) in [5.74, 6) is 0.125. The molecule has 0 saturated carbocycles. The summed E-state index contributed by atoms with van der Waals surface area (Å²) >= 11 is 0. The van der Waals surface area contributed by atoms with E-state index in [4.69, 9.17) is 10.5 Å². The van der Waals surface area contributed by atoms with Crippen molar-refractivity contribution in [1.82, 2.24) is 9.80 Å². The molecule has 0 aromatic heterocycles. The van der Waals surface area contributed by atoms with E-state index in [1.807, 2.05) is 18.9 Å². The number of hydrogen-bond donors (Lipinski definition) is 1. The summed E-state index contributed by atoms with van der Waals surface area (Å²) in [5.41, 5.74) is 5.48. The van der Waals surface area contributed by atoms with Crippen LogP contribution in [0.1, 0.15) is 26.7 Å². The highest BCUT2D eigenvalue weighted by Gasteiger charge is 2.46. The van der Waals surface area contributed by atoms with Crippen molar-refractivity contribution in [3.8, 4) is 0 Å². The maximum absolute atomic E-state index is 12.6. The molecule has 2 fully saturated rings. The molecule has 0 aromatic carbocycles. The summed E-state index contributed by atoms with van der Waals surface area (Å²) < 4.78 is 5.37. The van der Waals surface area contributed by atoms with Crippen LogP contribution in [0.2, 0.25) is 0 Å². The average molecular weight is 269 g/mol. The van der Waals surface area contributed by atoms with Gasteiger partial charge in [-0.1, -0.05) is 6.92 Å². The van der Waals surface area contributed by atoms with Crippen LogP contribution < -0.4 is 5.73 Å². The summed E-state index contributed by atoms with van der Waals surface area (Å²) in [7, 11) is 1.89. The minimum Gasteiger partial charge on any atom is -0.379 e. The van der Waals surface area contributed by atoms with Crippen LogP contribution in [0.5, 0.6) is 0 Å². The predicted octanol–water partition coefficient (Wildman–Crippen LogP) is 0.293. The molecule has 0 aliphatic carbocycles. The summed E-state index contributed by atoms with van der Waals surface area (Å²) in [6, 6.07) is 0.314. The third-order valence-electron chi connectivity index (χ3n) is 4.74. The standard InChI is InChI=1S/C14H27N3O2/c1-4-17-7-5-6-11(17)8-16(3)13(18)14(2)10-19-9-12(14)15/h11-12H,4-10,15H2,1-3H3. The Morgan fingerprint density at radius 2 is 2.32 bits per heavy atom. The highest BCUT2D eigenvalue weighted by molar-refractivity contribution is 5.83. The molecule has 110 valence electrons. The van der Waals surface area contributed by atoms with Crippen LogP contribution in [0.3, 0.4) is 0 Å². The molecule has 3 atom stereocenters. The predicted molar refractivity (Wildman–Crippen MR) is 74.8 cm³/mol. The van der Waals surface area contributed by atoms with Gasteiger partial charge in [0.25, 0.3) is 0 Å². The molecule has 0 aromatic rings. The second-order valence-electron chi connectivity index (χ2n) is 6.15. The first-order valence-electron chi connectivity index (χ1n) is 7.32. The number of hydrogen-bond acceptors (Lipinski definition) is 4. The minimum absolute atomic E-state index is 0.125. The number of amides is 1. The van der Waals surface area contributed by atoms with Gasteiger partial charge in [-0.2, -0.15) is 0 Å². The Balaban J connectivity index is 1.96. The first-order chi connectivity index (χ1) is 8.99. The Labute approximate surface area is 116 Å². The van der Waals surface area contributed by atoms with E-state index in [2.05, 4.69) is 11.8 Å². The summed E-state index contributed by atoms with van der Waals surface area (Å²) in [6.45, 7) is 8.06. The number of nitrogens with zero attached hydrogens (tertiary/aromatic N) is 2. The molecule has 5 nitrogen and oxygen atoms in total. The van der Waals surface area contributed by atoms with Gasteiger partial charge in [-0.05, 0) is 32.9 Å². The van der Waals surface area contributed by atoms with E-state index in [1.165, 1.54) is 12.8 Å². The largest absolute Gasteiger partial charge is 0.379 e. The van der Waals surface area contributed by atoms with Crippen molar-refractivity contribution >= 4 is 5.91 Å². The third kappa shape index (κ3) is 2.78. The molecule has 19 heavy (non-hydrogen) atoms. The highest BCUT2D eigenvalue weighted by Crippen LogP contribution is 2.29. The highest BCUT2D eigenvalue weighted by atomic mass is 16.5. The molecule has 2 heterocycles. The zero-order valence-corrected chi connectivity index (χ0v) is 12.4. The van der Waals surface area contributed by atoms with Crippen LogP contribution in [-0.2, 0) is 9.53 Å². The van der Waals surface area contributed by atoms with Gasteiger partial charge in [0, 0.05) is 25.7 Å². The van der Waals surface area contributed by atoms with Gasteiger partial charge in [-0.3, -0.25) is 9.69 Å². The normalized spacial score (nSPS) is 35.8. The molecule has 5 heteroatoms. The summed E-state index contributed by atoms with van der Waals surface area (Å²) in [4.78, 5) is 16.9. The smallest absolute Gasteiger partial charge is 0.232 e. The number of likely N-dealkylation sites (N-methyl/N-ethyl adjacent to an activating group) is 2. The average Bonchev–Trinajstić information content (AvgIpc) is 2.97. The maximum Gasteiger partial charge on any atom is 0.232 e. The fourth-order valence-corrected chi connectivity index (χ4v) is 3.26. The molecule has 0 spiro atoms. The molecule has 0 bridgehead atoms. The molecule has 2 saturated heterocycles. The van der Waals surface area contributed by atoms with E-state index < -0.39 is 5.41 Å². The molecular formula is C14H27N3O2. The van der Waals surface area contributed by atoms with E-state index >= 15 is 0 Å². The van der Waals surface area contributed by atoms with Crippen molar-refractivity contribution in [2.45, 2.75) is 38.8 Å². The van der Waals surface area contributed by atoms with Crippen molar-refractivity contribution in [3.05, 3.63) is 0 Å². The SMILES string of the molecule is CCN1CCCC1CN(C)C(=O)C1(C)COCC1N. The van der Waals surface area contributed by atoms with Crippen molar-refractivity contribution in [1.29, 1.82) is 0 Å². The maximum atomic E-state index is 12.6. The van der Waals surface area contributed by atoms with E-state index in [9.17, 15) is 4.79 Å². The molecule has 3 unspecified atom stereocenters. The fraction of sp³-hybridized carbons (Fsp3) is 0.929. The Kier molecular flexibility index (Phi) is 4.48. The molecule has 2 aliphatic rings. The van der Waals surface area contributed by atoms with Gasteiger partial charge in [0.2, 0.25) is 5.91 Å². The van der Waals surface area contributed by atoms with Crippen molar-refractivity contribution < 1.29 is 9.53 Å². The van der Waals surface area contributed by atoms with Crippen LogP contribution in [-0.4, -0.2) is 67.7 Å². The second-order valence-corrected chi connectivity index (χ2v) is 6.15. The Hall–Kier alpha value is -0.650. The molecule has 2 N–H and O–H groups in total. The fourth-order valence-electron chi connectivity index (χ4n) is 3.26. The van der Waals surface area contributed by atoms with E-state index in [0.717, 1.165) is 19.6 Å². The van der Waals surface area contributed by atoms with Gasteiger partial charge in [-0.15, -0.1) is 0 Å². The number of rotatable bonds is 4. The second kappa shape index (κ2) is 5.77. The van der Waals surface area contributed by atoms with Gasteiger partial charge in [0.15, 0.2) is 0 Å². The topological polar surface area (TPSA) is 58.8 Å². The van der Waals surface area contributed by atoms with Gasteiger partial charge >= 0.3 is 0 Å². The quantitative estimate of drug-likeness (QED) is 0.797. The van der Waals surface area contributed by atoms with Gasteiger partial charge in [-0.25, -0.2) is 0 Å². The van der Waals surface area contributed by atoms with Crippen molar-refractivity contribution in [2.24, 2.45) is 11.1 Å². The number of likely N-dealkylation sites (tertiary alicyclic amines) is 1. The lowest BCUT2D eigenvalue weighted by atomic mass is 9.84. The Morgan fingerprint density at radius 1 is 1.58 bits per heavy atom. The van der Waals surface area contributed by atoms with Crippen LogP contribution in [0.4, 0.5) is 0 Å². The Morgan fingerprint density at radius 3 is 2.89 bits per heavy atom. The van der Waals surface area contributed by atoms with Crippen molar-refractivity contribution in [2.75, 3.05) is 39.9 Å².